The van der Waals surface area contributed by atoms with Gasteiger partial charge >= 0.3 is 0 Å². The lowest BCUT2D eigenvalue weighted by molar-refractivity contribution is -0.126. The van der Waals surface area contributed by atoms with Gasteiger partial charge in [0.1, 0.15) is 5.82 Å². The highest BCUT2D eigenvalue weighted by Crippen LogP contribution is 2.19. The van der Waals surface area contributed by atoms with Crippen LogP contribution in [0.5, 0.6) is 0 Å². The quantitative estimate of drug-likeness (QED) is 0.786. The molecule has 0 bridgehead atoms. The average Bonchev–Trinajstić information content (AvgIpc) is 2.84. The molecule has 2 atom stereocenters. The van der Waals surface area contributed by atoms with E-state index in [9.17, 15) is 22.4 Å². The lowest BCUT2D eigenvalue weighted by Gasteiger charge is -2.13. The van der Waals surface area contributed by atoms with Crippen LogP contribution in [0.2, 0.25) is 0 Å². The van der Waals surface area contributed by atoms with Gasteiger partial charge in [0.2, 0.25) is 11.8 Å². The molecular formula is C16H21FN2O4S. The van der Waals surface area contributed by atoms with Crippen molar-refractivity contribution >= 4 is 21.7 Å². The van der Waals surface area contributed by atoms with Crippen LogP contribution < -0.4 is 10.6 Å². The number of hydrogen-bond donors (Lipinski definition) is 2. The molecule has 0 radical (unpaired) electrons. The third-order valence-electron chi connectivity index (χ3n) is 3.97. The van der Waals surface area contributed by atoms with E-state index in [-0.39, 0.29) is 48.2 Å². The molecule has 1 aromatic rings. The van der Waals surface area contributed by atoms with Crippen molar-refractivity contribution in [2.75, 3.05) is 18.1 Å². The van der Waals surface area contributed by atoms with Crippen molar-refractivity contribution in [1.29, 1.82) is 0 Å². The maximum Gasteiger partial charge on any atom is 0.239 e. The fourth-order valence-corrected chi connectivity index (χ4v) is 4.30. The fourth-order valence-electron chi connectivity index (χ4n) is 2.63. The van der Waals surface area contributed by atoms with E-state index in [2.05, 4.69) is 10.6 Å². The van der Waals surface area contributed by atoms with Crippen molar-refractivity contribution in [1.82, 2.24) is 10.6 Å². The van der Waals surface area contributed by atoms with Gasteiger partial charge in [-0.25, -0.2) is 12.8 Å². The van der Waals surface area contributed by atoms with Gasteiger partial charge in [0.25, 0.3) is 0 Å². The Morgan fingerprint density at radius 3 is 2.50 bits per heavy atom. The van der Waals surface area contributed by atoms with E-state index in [1.54, 1.807) is 12.1 Å². The van der Waals surface area contributed by atoms with E-state index in [0.29, 0.717) is 6.42 Å². The zero-order valence-corrected chi connectivity index (χ0v) is 14.2. The number of carbonyl (C=O) groups excluding carboxylic acids is 2. The summed E-state index contributed by atoms with van der Waals surface area (Å²) in [5.74, 6) is -1.09. The third-order valence-corrected chi connectivity index (χ3v) is 5.74. The van der Waals surface area contributed by atoms with Gasteiger partial charge in [0.15, 0.2) is 9.84 Å². The molecule has 2 rings (SSSR count). The van der Waals surface area contributed by atoms with E-state index in [0.717, 1.165) is 5.56 Å². The Morgan fingerprint density at radius 2 is 1.92 bits per heavy atom. The van der Waals surface area contributed by atoms with Gasteiger partial charge in [-0.2, -0.15) is 0 Å². The van der Waals surface area contributed by atoms with Crippen molar-refractivity contribution in [3.05, 3.63) is 35.6 Å². The summed E-state index contributed by atoms with van der Waals surface area (Å²) in [5.41, 5.74) is 0.840. The van der Waals surface area contributed by atoms with Crippen molar-refractivity contribution in [2.24, 2.45) is 0 Å². The Balaban J connectivity index is 1.72. The number of nitrogens with one attached hydrogen (secondary N) is 2. The first-order valence-corrected chi connectivity index (χ1v) is 9.59. The Bertz CT molecular complexity index is 703. The normalized spacial score (nSPS) is 20.3. The second kappa shape index (κ2) is 7.74. The second-order valence-corrected chi connectivity index (χ2v) is 8.33. The molecule has 0 aliphatic carbocycles. The maximum atomic E-state index is 12.9. The first kappa shape index (κ1) is 18.4. The van der Waals surface area contributed by atoms with Gasteiger partial charge < -0.3 is 10.6 Å². The van der Waals surface area contributed by atoms with E-state index in [1.807, 2.05) is 6.92 Å². The molecule has 24 heavy (non-hydrogen) atoms. The minimum atomic E-state index is -3.05. The topological polar surface area (TPSA) is 92.3 Å². The molecule has 1 heterocycles. The van der Waals surface area contributed by atoms with Crippen molar-refractivity contribution in [2.45, 2.75) is 31.7 Å². The number of hydrogen-bond acceptors (Lipinski definition) is 4. The molecule has 1 aliphatic rings. The Labute approximate surface area is 140 Å². The number of amides is 2. The molecule has 0 aromatic heterocycles. The molecule has 6 nitrogen and oxygen atoms in total. The maximum absolute atomic E-state index is 12.9. The summed E-state index contributed by atoms with van der Waals surface area (Å²) in [6.07, 6.45) is 0.584. The largest absolute Gasteiger partial charge is 0.351 e. The molecule has 0 spiro atoms. The summed E-state index contributed by atoms with van der Waals surface area (Å²) in [7, 11) is -3.05. The van der Waals surface area contributed by atoms with Crippen LogP contribution in [0.25, 0.3) is 0 Å². The summed E-state index contributed by atoms with van der Waals surface area (Å²) in [5, 5.41) is 5.12. The predicted molar refractivity (Wildman–Crippen MR) is 87.6 cm³/mol. The number of halogens is 1. The van der Waals surface area contributed by atoms with Gasteiger partial charge in [-0.15, -0.1) is 0 Å². The van der Waals surface area contributed by atoms with Gasteiger partial charge in [0, 0.05) is 12.5 Å². The smallest absolute Gasteiger partial charge is 0.239 e. The number of sulfone groups is 1. The fraction of sp³-hybridized carbons (Fsp3) is 0.500. The number of carbonyl (C=O) groups is 2. The standard InChI is InChI=1S/C16H21FN2O4S/c1-11(12-2-4-13(17)5-3-12)8-15(20)18-9-16(21)19-14-6-7-24(22,23)10-14/h2-5,11,14H,6-10H2,1H3,(H,18,20)(H,19,21). The summed E-state index contributed by atoms with van der Waals surface area (Å²) >= 11 is 0. The van der Waals surface area contributed by atoms with Crippen LogP contribution in [0.4, 0.5) is 4.39 Å². The van der Waals surface area contributed by atoms with Crippen LogP contribution in [0.3, 0.4) is 0 Å². The molecule has 132 valence electrons. The molecule has 2 N–H and O–H groups in total. The first-order valence-electron chi connectivity index (χ1n) is 7.77. The molecule has 2 unspecified atom stereocenters. The summed E-state index contributed by atoms with van der Waals surface area (Å²) in [6.45, 7) is 1.65. The highest BCUT2D eigenvalue weighted by Gasteiger charge is 2.28. The molecule has 1 saturated heterocycles. The van der Waals surface area contributed by atoms with Gasteiger partial charge in [-0.05, 0) is 30.0 Å². The zero-order chi connectivity index (χ0) is 17.7. The van der Waals surface area contributed by atoms with Gasteiger partial charge in [0.05, 0.1) is 18.1 Å². The van der Waals surface area contributed by atoms with Gasteiger partial charge in [-0.1, -0.05) is 19.1 Å². The van der Waals surface area contributed by atoms with Crippen LogP contribution in [0, 0.1) is 5.82 Å². The van der Waals surface area contributed by atoms with Crippen molar-refractivity contribution in [3.63, 3.8) is 0 Å². The van der Waals surface area contributed by atoms with Crippen LogP contribution in [-0.4, -0.2) is 44.3 Å². The Hall–Kier alpha value is -1.96. The highest BCUT2D eigenvalue weighted by molar-refractivity contribution is 7.91. The van der Waals surface area contributed by atoms with E-state index in [1.165, 1.54) is 12.1 Å². The Morgan fingerprint density at radius 1 is 1.25 bits per heavy atom. The Kier molecular flexibility index (Phi) is 5.93. The van der Waals surface area contributed by atoms with Crippen LogP contribution in [0.1, 0.15) is 31.2 Å². The average molecular weight is 356 g/mol. The minimum absolute atomic E-state index is 0.0473. The summed E-state index contributed by atoms with van der Waals surface area (Å²) < 4.78 is 35.5. The summed E-state index contributed by atoms with van der Waals surface area (Å²) in [4.78, 5) is 23.6. The van der Waals surface area contributed by atoms with Gasteiger partial charge in [-0.3, -0.25) is 9.59 Å². The molecular weight excluding hydrogens is 335 g/mol. The van der Waals surface area contributed by atoms with Crippen LogP contribution in [0.15, 0.2) is 24.3 Å². The van der Waals surface area contributed by atoms with E-state index in [4.69, 9.17) is 0 Å². The third kappa shape index (κ3) is 5.59. The lowest BCUT2D eigenvalue weighted by atomic mass is 9.97. The number of rotatable bonds is 6. The molecule has 1 fully saturated rings. The van der Waals surface area contributed by atoms with E-state index < -0.39 is 15.7 Å². The van der Waals surface area contributed by atoms with Crippen molar-refractivity contribution in [3.8, 4) is 0 Å². The minimum Gasteiger partial charge on any atom is -0.351 e. The summed E-state index contributed by atoms with van der Waals surface area (Å²) in [6, 6.07) is 5.55. The first-order chi connectivity index (χ1) is 11.2. The van der Waals surface area contributed by atoms with Crippen molar-refractivity contribution < 1.29 is 22.4 Å². The SMILES string of the molecule is CC(CC(=O)NCC(=O)NC1CCS(=O)(=O)C1)c1ccc(F)cc1. The molecule has 1 aromatic carbocycles. The molecule has 2 amide bonds. The van der Waals surface area contributed by atoms with Crippen LogP contribution >= 0.6 is 0 Å². The predicted octanol–water partition coefficient (Wildman–Crippen LogP) is 0.739. The highest BCUT2D eigenvalue weighted by atomic mass is 32.2. The zero-order valence-electron chi connectivity index (χ0n) is 13.4. The molecule has 0 saturated carbocycles. The lowest BCUT2D eigenvalue weighted by Crippen LogP contribution is -2.42. The number of benzene rings is 1. The van der Waals surface area contributed by atoms with Crippen LogP contribution in [-0.2, 0) is 19.4 Å². The molecule has 1 aliphatic heterocycles. The van der Waals surface area contributed by atoms with E-state index >= 15 is 0 Å². The second-order valence-electron chi connectivity index (χ2n) is 6.10. The molecule has 8 heteroatoms. The monoisotopic (exact) mass is 356 g/mol.